The van der Waals surface area contributed by atoms with E-state index < -0.39 is 0 Å². The second-order valence-electron chi connectivity index (χ2n) is 6.52. The number of anilines is 1. The van der Waals surface area contributed by atoms with Crippen molar-refractivity contribution in [2.24, 2.45) is 0 Å². The number of amides is 1. The summed E-state index contributed by atoms with van der Waals surface area (Å²) in [6.45, 7) is 3.92. The van der Waals surface area contributed by atoms with Gasteiger partial charge in [-0.05, 0) is 56.5 Å². The number of thiophene rings is 1. The Hall–Kier alpha value is -2.34. The molecular weight excluding hydrogens is 337 g/mol. The van der Waals surface area contributed by atoms with E-state index in [-0.39, 0.29) is 11.7 Å². The molecule has 1 aromatic carbocycles. The predicted molar refractivity (Wildman–Crippen MR) is 98.0 cm³/mol. The fourth-order valence-electron chi connectivity index (χ4n) is 3.02. The number of hydrogen-bond donors (Lipinski definition) is 0. The Morgan fingerprint density at radius 1 is 1.20 bits per heavy atom. The molecule has 0 spiro atoms. The van der Waals surface area contributed by atoms with Gasteiger partial charge in [0, 0.05) is 24.0 Å². The van der Waals surface area contributed by atoms with Crippen molar-refractivity contribution in [3.63, 3.8) is 0 Å². The smallest absolute Gasteiger partial charge is 0.268 e. The van der Waals surface area contributed by atoms with Crippen LogP contribution >= 0.6 is 11.3 Å². The quantitative estimate of drug-likeness (QED) is 0.690. The van der Waals surface area contributed by atoms with Crippen LogP contribution in [0, 0.1) is 19.7 Å². The molecule has 3 aromatic rings. The van der Waals surface area contributed by atoms with Crippen LogP contribution in [0.15, 0.2) is 24.3 Å². The average Bonchev–Trinajstić information content (AvgIpc) is 3.38. The standard InChI is InChI=1S/C19H18FN3OS/c1-10-15-11(2)21-17(12-4-5-12)22-18(15)25-16(10)19(24)23(3)14-8-6-13(20)7-9-14/h6-9,12H,4-5H2,1-3H3. The fourth-order valence-corrected chi connectivity index (χ4v) is 4.24. The highest BCUT2D eigenvalue weighted by atomic mass is 32.1. The summed E-state index contributed by atoms with van der Waals surface area (Å²) in [7, 11) is 1.70. The van der Waals surface area contributed by atoms with Gasteiger partial charge in [-0.3, -0.25) is 4.79 Å². The highest BCUT2D eigenvalue weighted by Crippen LogP contribution is 2.40. The molecule has 4 nitrogen and oxygen atoms in total. The molecule has 0 radical (unpaired) electrons. The van der Waals surface area contributed by atoms with Gasteiger partial charge in [0.25, 0.3) is 5.91 Å². The van der Waals surface area contributed by atoms with Crippen LogP contribution in [-0.4, -0.2) is 22.9 Å². The van der Waals surface area contributed by atoms with Gasteiger partial charge in [0.2, 0.25) is 0 Å². The molecule has 4 rings (SSSR count). The van der Waals surface area contributed by atoms with E-state index in [1.54, 1.807) is 24.1 Å². The van der Waals surface area contributed by atoms with Crippen LogP contribution in [0.5, 0.6) is 0 Å². The molecule has 1 amide bonds. The highest BCUT2D eigenvalue weighted by Gasteiger charge is 2.29. The molecule has 1 aliphatic rings. The summed E-state index contributed by atoms with van der Waals surface area (Å²) in [5.74, 6) is 0.948. The third kappa shape index (κ3) is 2.80. The number of fused-ring (bicyclic) bond motifs is 1. The van der Waals surface area contributed by atoms with Gasteiger partial charge in [-0.1, -0.05) is 0 Å². The largest absolute Gasteiger partial charge is 0.311 e. The molecule has 0 bridgehead atoms. The van der Waals surface area contributed by atoms with Gasteiger partial charge in [-0.25, -0.2) is 14.4 Å². The molecule has 6 heteroatoms. The minimum Gasteiger partial charge on any atom is -0.311 e. The number of halogens is 1. The van der Waals surface area contributed by atoms with Crippen LogP contribution in [-0.2, 0) is 0 Å². The van der Waals surface area contributed by atoms with Crippen LogP contribution in [0.1, 0.15) is 45.5 Å². The van der Waals surface area contributed by atoms with Crippen molar-refractivity contribution in [1.29, 1.82) is 0 Å². The molecule has 0 unspecified atom stereocenters. The van der Waals surface area contributed by atoms with E-state index >= 15 is 0 Å². The highest BCUT2D eigenvalue weighted by molar-refractivity contribution is 7.20. The van der Waals surface area contributed by atoms with E-state index in [9.17, 15) is 9.18 Å². The zero-order valence-corrected chi connectivity index (χ0v) is 15.2. The van der Waals surface area contributed by atoms with Gasteiger partial charge in [0.15, 0.2) is 0 Å². The molecule has 25 heavy (non-hydrogen) atoms. The first-order chi connectivity index (χ1) is 12.0. The van der Waals surface area contributed by atoms with Gasteiger partial charge in [0.1, 0.15) is 16.5 Å². The number of aromatic nitrogens is 2. The van der Waals surface area contributed by atoms with Crippen molar-refractivity contribution in [2.75, 3.05) is 11.9 Å². The van der Waals surface area contributed by atoms with Crippen molar-refractivity contribution in [2.45, 2.75) is 32.6 Å². The number of rotatable bonds is 3. The molecule has 0 aliphatic heterocycles. The molecule has 2 heterocycles. The van der Waals surface area contributed by atoms with Crippen LogP contribution in [0.25, 0.3) is 10.2 Å². The Labute approximate surface area is 149 Å². The summed E-state index contributed by atoms with van der Waals surface area (Å²) in [5, 5.41) is 0.977. The van der Waals surface area contributed by atoms with Gasteiger partial charge in [0.05, 0.1) is 10.6 Å². The lowest BCUT2D eigenvalue weighted by Crippen LogP contribution is -2.25. The minimum atomic E-state index is -0.318. The molecule has 1 saturated carbocycles. The van der Waals surface area contributed by atoms with E-state index in [2.05, 4.69) is 4.98 Å². The molecule has 0 N–H and O–H groups in total. The van der Waals surface area contributed by atoms with Crippen molar-refractivity contribution in [1.82, 2.24) is 9.97 Å². The van der Waals surface area contributed by atoms with Crippen LogP contribution < -0.4 is 4.90 Å². The van der Waals surface area contributed by atoms with Crippen LogP contribution in [0.3, 0.4) is 0 Å². The number of benzene rings is 1. The van der Waals surface area contributed by atoms with Gasteiger partial charge in [-0.2, -0.15) is 0 Å². The number of carbonyl (C=O) groups excluding carboxylic acids is 1. The maximum absolute atomic E-state index is 13.1. The van der Waals surface area contributed by atoms with Gasteiger partial charge >= 0.3 is 0 Å². The Kier molecular flexibility index (Phi) is 3.80. The SMILES string of the molecule is Cc1nc(C2CC2)nc2sc(C(=O)N(C)c3ccc(F)cc3)c(C)c12. The number of aryl methyl sites for hydroxylation is 2. The zero-order valence-electron chi connectivity index (χ0n) is 14.3. The number of nitrogens with zero attached hydrogens (tertiary/aromatic N) is 3. The van der Waals surface area contributed by atoms with E-state index in [4.69, 9.17) is 4.98 Å². The van der Waals surface area contributed by atoms with Crippen molar-refractivity contribution < 1.29 is 9.18 Å². The first-order valence-electron chi connectivity index (χ1n) is 8.27. The molecule has 0 saturated heterocycles. The molecule has 1 fully saturated rings. The van der Waals surface area contributed by atoms with E-state index in [1.165, 1.54) is 23.5 Å². The molecular formula is C19H18FN3OS. The van der Waals surface area contributed by atoms with Crippen molar-refractivity contribution in [3.8, 4) is 0 Å². The molecule has 0 atom stereocenters. The normalized spacial score (nSPS) is 14.1. The number of carbonyl (C=O) groups is 1. The van der Waals surface area contributed by atoms with Crippen molar-refractivity contribution in [3.05, 3.63) is 52.0 Å². The van der Waals surface area contributed by atoms with Crippen molar-refractivity contribution >= 4 is 33.1 Å². The Bertz CT molecular complexity index is 976. The average molecular weight is 355 g/mol. The second kappa shape index (κ2) is 5.88. The predicted octanol–water partition coefficient (Wildman–Crippen LogP) is 4.60. The lowest BCUT2D eigenvalue weighted by molar-refractivity contribution is 0.0996. The summed E-state index contributed by atoms with van der Waals surface area (Å²) in [4.78, 5) is 25.4. The van der Waals surface area contributed by atoms with E-state index in [1.807, 2.05) is 13.8 Å². The number of hydrogen-bond acceptors (Lipinski definition) is 4. The van der Waals surface area contributed by atoms with E-state index in [0.717, 1.165) is 40.1 Å². The fraction of sp³-hybridized carbons (Fsp3) is 0.316. The summed E-state index contributed by atoms with van der Waals surface area (Å²) in [5.41, 5.74) is 2.51. The minimum absolute atomic E-state index is 0.112. The first kappa shape index (κ1) is 16.1. The third-order valence-corrected chi connectivity index (χ3v) is 5.82. The summed E-state index contributed by atoms with van der Waals surface area (Å²) < 4.78 is 13.1. The topological polar surface area (TPSA) is 46.1 Å². The van der Waals surface area contributed by atoms with Crippen LogP contribution in [0.4, 0.5) is 10.1 Å². The van der Waals surface area contributed by atoms with E-state index in [0.29, 0.717) is 16.5 Å². The lowest BCUT2D eigenvalue weighted by Gasteiger charge is -2.16. The second-order valence-corrected chi connectivity index (χ2v) is 7.52. The summed E-state index contributed by atoms with van der Waals surface area (Å²) in [6, 6.07) is 5.92. The van der Waals surface area contributed by atoms with Gasteiger partial charge < -0.3 is 4.90 Å². The molecule has 128 valence electrons. The monoisotopic (exact) mass is 355 g/mol. The third-order valence-electron chi connectivity index (χ3n) is 4.64. The first-order valence-corrected chi connectivity index (χ1v) is 9.08. The Balaban J connectivity index is 1.75. The molecule has 1 aliphatic carbocycles. The lowest BCUT2D eigenvalue weighted by atomic mass is 10.1. The summed E-state index contributed by atoms with van der Waals surface area (Å²) >= 11 is 1.42. The van der Waals surface area contributed by atoms with Gasteiger partial charge in [-0.15, -0.1) is 11.3 Å². The Morgan fingerprint density at radius 3 is 2.52 bits per heavy atom. The maximum atomic E-state index is 13.1. The zero-order chi connectivity index (χ0) is 17.7. The summed E-state index contributed by atoms with van der Waals surface area (Å²) in [6.07, 6.45) is 2.29. The maximum Gasteiger partial charge on any atom is 0.268 e. The Morgan fingerprint density at radius 2 is 1.88 bits per heavy atom. The van der Waals surface area contributed by atoms with Crippen LogP contribution in [0.2, 0.25) is 0 Å². The molecule has 2 aromatic heterocycles.